The van der Waals surface area contributed by atoms with Gasteiger partial charge in [-0.25, -0.2) is 0 Å². The van der Waals surface area contributed by atoms with Crippen LogP contribution in [0, 0.1) is 0 Å². The molecule has 0 spiro atoms. The average Bonchev–Trinajstić information content (AvgIpc) is 2.65. The van der Waals surface area contributed by atoms with E-state index in [1.165, 1.54) is 6.08 Å². The molecule has 0 fully saturated rings. The van der Waals surface area contributed by atoms with E-state index in [9.17, 15) is 9.59 Å². The Labute approximate surface area is 149 Å². The SMILES string of the molecule is O=C(/C=C/c1cc(Cl)c2c(c1)OCCO2)NNC(=O)c1ccccc1. The number of nitrogens with one attached hydrogen (secondary N) is 2. The Morgan fingerprint density at radius 2 is 1.80 bits per heavy atom. The third kappa shape index (κ3) is 4.30. The molecule has 2 amide bonds. The normalized spacial score (nSPS) is 12.7. The molecular formula is C18H15ClN2O4. The molecule has 25 heavy (non-hydrogen) atoms. The second-order valence-corrected chi connectivity index (χ2v) is 5.58. The number of hydrazine groups is 1. The summed E-state index contributed by atoms with van der Waals surface area (Å²) >= 11 is 6.14. The molecule has 0 saturated heterocycles. The van der Waals surface area contributed by atoms with Crippen molar-refractivity contribution in [1.82, 2.24) is 10.9 Å². The van der Waals surface area contributed by atoms with Crippen LogP contribution in [0.4, 0.5) is 0 Å². The molecule has 7 heteroatoms. The second-order valence-electron chi connectivity index (χ2n) is 5.17. The molecule has 128 valence electrons. The Bertz CT molecular complexity index is 821. The summed E-state index contributed by atoms with van der Waals surface area (Å²) in [6.07, 6.45) is 2.85. The minimum Gasteiger partial charge on any atom is -0.486 e. The van der Waals surface area contributed by atoms with Crippen LogP contribution in [0.5, 0.6) is 11.5 Å². The van der Waals surface area contributed by atoms with E-state index in [2.05, 4.69) is 10.9 Å². The number of carbonyl (C=O) groups is 2. The summed E-state index contributed by atoms with van der Waals surface area (Å²) in [6, 6.07) is 12.0. The summed E-state index contributed by atoms with van der Waals surface area (Å²) in [5.74, 6) is 0.167. The summed E-state index contributed by atoms with van der Waals surface area (Å²) < 4.78 is 10.9. The number of halogens is 1. The van der Waals surface area contributed by atoms with E-state index < -0.39 is 11.8 Å². The van der Waals surface area contributed by atoms with Crippen molar-refractivity contribution >= 4 is 29.5 Å². The van der Waals surface area contributed by atoms with Gasteiger partial charge >= 0.3 is 0 Å². The Kier molecular flexibility index (Phi) is 5.20. The van der Waals surface area contributed by atoms with Crippen LogP contribution in [-0.4, -0.2) is 25.0 Å². The fraction of sp³-hybridized carbons (Fsp3) is 0.111. The number of fused-ring (bicyclic) bond motifs is 1. The molecule has 0 aliphatic carbocycles. The van der Waals surface area contributed by atoms with Crippen LogP contribution >= 0.6 is 11.6 Å². The average molecular weight is 359 g/mol. The fourth-order valence-electron chi connectivity index (χ4n) is 2.22. The maximum atomic E-state index is 11.8. The molecule has 2 aromatic carbocycles. The van der Waals surface area contributed by atoms with Crippen LogP contribution in [0.15, 0.2) is 48.5 Å². The van der Waals surface area contributed by atoms with Gasteiger partial charge in [0.1, 0.15) is 13.2 Å². The maximum Gasteiger partial charge on any atom is 0.269 e. The van der Waals surface area contributed by atoms with E-state index in [0.717, 1.165) is 0 Å². The van der Waals surface area contributed by atoms with Crippen molar-refractivity contribution in [2.45, 2.75) is 0 Å². The van der Waals surface area contributed by atoms with Gasteiger partial charge in [0.25, 0.3) is 11.8 Å². The first-order valence-corrected chi connectivity index (χ1v) is 7.94. The van der Waals surface area contributed by atoms with Gasteiger partial charge in [0.2, 0.25) is 0 Å². The van der Waals surface area contributed by atoms with Gasteiger partial charge in [-0.05, 0) is 35.9 Å². The number of hydrogen-bond donors (Lipinski definition) is 2. The molecule has 0 aromatic heterocycles. The van der Waals surface area contributed by atoms with Crippen molar-refractivity contribution in [2.75, 3.05) is 13.2 Å². The first kappa shape index (κ1) is 16.9. The number of ether oxygens (including phenoxy) is 2. The highest BCUT2D eigenvalue weighted by Gasteiger charge is 2.16. The summed E-state index contributed by atoms with van der Waals surface area (Å²) in [5.41, 5.74) is 5.78. The molecule has 3 rings (SSSR count). The Morgan fingerprint density at radius 3 is 2.60 bits per heavy atom. The molecule has 2 N–H and O–H groups in total. The van der Waals surface area contributed by atoms with Crippen molar-refractivity contribution < 1.29 is 19.1 Å². The van der Waals surface area contributed by atoms with Crippen LogP contribution in [-0.2, 0) is 4.79 Å². The van der Waals surface area contributed by atoms with Gasteiger partial charge in [-0.3, -0.25) is 20.4 Å². The highest BCUT2D eigenvalue weighted by atomic mass is 35.5. The number of carbonyl (C=O) groups excluding carboxylic acids is 2. The first-order chi connectivity index (χ1) is 12.1. The zero-order chi connectivity index (χ0) is 17.6. The topological polar surface area (TPSA) is 76.7 Å². The van der Waals surface area contributed by atoms with Gasteiger partial charge in [-0.15, -0.1) is 0 Å². The summed E-state index contributed by atoms with van der Waals surface area (Å²) in [7, 11) is 0. The van der Waals surface area contributed by atoms with Crippen molar-refractivity contribution in [3.8, 4) is 11.5 Å². The number of amides is 2. The van der Waals surface area contributed by atoms with Crippen LogP contribution in [0.1, 0.15) is 15.9 Å². The van der Waals surface area contributed by atoms with Crippen molar-refractivity contribution in [1.29, 1.82) is 0 Å². The fourth-order valence-corrected chi connectivity index (χ4v) is 2.49. The van der Waals surface area contributed by atoms with Gasteiger partial charge in [0.05, 0.1) is 5.02 Å². The van der Waals surface area contributed by atoms with Crippen LogP contribution in [0.25, 0.3) is 6.08 Å². The van der Waals surface area contributed by atoms with Gasteiger partial charge < -0.3 is 9.47 Å². The quantitative estimate of drug-likeness (QED) is 0.653. The smallest absolute Gasteiger partial charge is 0.269 e. The lowest BCUT2D eigenvalue weighted by atomic mass is 10.1. The molecule has 2 aromatic rings. The van der Waals surface area contributed by atoms with Gasteiger partial charge in [-0.2, -0.15) is 0 Å². The van der Waals surface area contributed by atoms with E-state index in [-0.39, 0.29) is 0 Å². The molecule has 0 bridgehead atoms. The molecule has 0 unspecified atom stereocenters. The van der Waals surface area contributed by atoms with Crippen molar-refractivity contribution in [2.24, 2.45) is 0 Å². The molecule has 0 saturated carbocycles. The summed E-state index contributed by atoms with van der Waals surface area (Å²) in [5, 5.41) is 0.412. The summed E-state index contributed by atoms with van der Waals surface area (Å²) in [4.78, 5) is 23.7. The Morgan fingerprint density at radius 1 is 1.04 bits per heavy atom. The zero-order valence-electron chi connectivity index (χ0n) is 13.1. The van der Waals surface area contributed by atoms with E-state index in [4.69, 9.17) is 21.1 Å². The van der Waals surface area contributed by atoms with E-state index in [0.29, 0.717) is 40.9 Å². The van der Waals surface area contributed by atoms with Gasteiger partial charge in [0, 0.05) is 11.6 Å². The maximum absolute atomic E-state index is 11.8. The Balaban J connectivity index is 1.59. The van der Waals surface area contributed by atoms with Crippen LogP contribution in [0.3, 0.4) is 0 Å². The lowest BCUT2D eigenvalue weighted by molar-refractivity contribution is -0.117. The first-order valence-electron chi connectivity index (χ1n) is 7.56. The predicted octanol–water partition coefficient (Wildman–Crippen LogP) is 2.59. The number of benzene rings is 2. The predicted molar refractivity (Wildman–Crippen MR) is 93.5 cm³/mol. The molecular weight excluding hydrogens is 344 g/mol. The number of rotatable bonds is 3. The minimum atomic E-state index is -0.477. The molecule has 0 atom stereocenters. The molecule has 6 nitrogen and oxygen atoms in total. The van der Waals surface area contributed by atoms with Crippen LogP contribution in [0.2, 0.25) is 5.02 Å². The standard InChI is InChI=1S/C18H15ClN2O4/c19-14-10-12(11-15-17(14)25-9-8-24-15)6-7-16(22)20-21-18(23)13-4-2-1-3-5-13/h1-7,10-11H,8-9H2,(H,20,22)(H,21,23)/b7-6+. The van der Waals surface area contributed by atoms with E-state index in [1.807, 2.05) is 0 Å². The zero-order valence-corrected chi connectivity index (χ0v) is 13.9. The van der Waals surface area contributed by atoms with Gasteiger partial charge in [-0.1, -0.05) is 29.8 Å². The van der Waals surface area contributed by atoms with Crippen molar-refractivity contribution in [3.63, 3.8) is 0 Å². The third-order valence-electron chi connectivity index (χ3n) is 3.38. The van der Waals surface area contributed by atoms with Crippen molar-refractivity contribution in [3.05, 3.63) is 64.7 Å². The van der Waals surface area contributed by atoms with Crippen LogP contribution < -0.4 is 20.3 Å². The highest BCUT2D eigenvalue weighted by molar-refractivity contribution is 6.32. The van der Waals surface area contributed by atoms with E-state index >= 15 is 0 Å². The Hall–Kier alpha value is -2.99. The molecule has 1 heterocycles. The van der Waals surface area contributed by atoms with E-state index in [1.54, 1.807) is 48.5 Å². The monoisotopic (exact) mass is 358 g/mol. The lowest BCUT2D eigenvalue weighted by Gasteiger charge is -2.19. The molecule has 0 radical (unpaired) electrons. The molecule has 1 aliphatic heterocycles. The largest absolute Gasteiger partial charge is 0.486 e. The number of hydrogen-bond acceptors (Lipinski definition) is 4. The summed E-state index contributed by atoms with van der Waals surface area (Å²) in [6.45, 7) is 0.897. The minimum absolute atomic E-state index is 0.398. The highest BCUT2D eigenvalue weighted by Crippen LogP contribution is 2.38. The lowest BCUT2D eigenvalue weighted by Crippen LogP contribution is -2.40. The second kappa shape index (κ2) is 7.72. The molecule has 1 aliphatic rings. The van der Waals surface area contributed by atoms with Gasteiger partial charge in [0.15, 0.2) is 11.5 Å². The third-order valence-corrected chi connectivity index (χ3v) is 3.66.